The second-order valence-electron chi connectivity index (χ2n) is 3.12. The summed E-state index contributed by atoms with van der Waals surface area (Å²) in [5, 5.41) is 6.61. The van der Waals surface area contributed by atoms with E-state index in [1.165, 1.54) is 0 Å². The second-order valence-corrected chi connectivity index (χ2v) is 3.12. The smallest absolute Gasteiger partial charge is 0.150 e. The highest BCUT2D eigenvalue weighted by Crippen LogP contribution is 2.11. The first kappa shape index (κ1) is 12.4. The first-order valence-electron chi connectivity index (χ1n) is 5.04. The van der Waals surface area contributed by atoms with Crippen molar-refractivity contribution >= 4 is 0 Å². The van der Waals surface area contributed by atoms with Crippen molar-refractivity contribution in [1.29, 1.82) is 0 Å². The number of ether oxygens (including phenoxy) is 1. The van der Waals surface area contributed by atoms with Crippen LogP contribution in [0.3, 0.4) is 0 Å². The average molecular weight is 221 g/mol. The molecular weight excluding hydrogens is 206 g/mol. The van der Waals surface area contributed by atoms with E-state index >= 15 is 0 Å². The number of methoxy groups -OCH3 is 1. The van der Waals surface area contributed by atoms with Gasteiger partial charge in [-0.25, -0.2) is 0 Å². The van der Waals surface area contributed by atoms with E-state index in [1.807, 2.05) is 25.1 Å². The Hall–Kier alpha value is -1.62. The molecule has 0 bridgehead atoms. The van der Waals surface area contributed by atoms with Crippen LogP contribution in [0.4, 0.5) is 0 Å². The molecule has 0 saturated carbocycles. The topological polar surface area (TPSA) is 82.9 Å². The molecule has 86 valence electrons. The van der Waals surface area contributed by atoms with Gasteiger partial charge in [0.25, 0.3) is 0 Å². The van der Waals surface area contributed by atoms with Crippen LogP contribution < -0.4 is 5.32 Å². The normalized spacial score (nSPS) is 11.9. The molecule has 1 atom stereocenters. The molecule has 0 aliphatic carbocycles. The SMILES string of the molecule is CCN[C@H](OC)c1cccc(CN=[N+]=[N-])n1. The van der Waals surface area contributed by atoms with Crippen molar-refractivity contribution < 1.29 is 4.74 Å². The van der Waals surface area contributed by atoms with Gasteiger partial charge in [0.15, 0.2) is 6.23 Å². The van der Waals surface area contributed by atoms with Gasteiger partial charge in [0.05, 0.1) is 12.2 Å². The van der Waals surface area contributed by atoms with Crippen LogP contribution in [0.5, 0.6) is 0 Å². The van der Waals surface area contributed by atoms with Crippen molar-refractivity contribution in [3.8, 4) is 0 Å². The highest BCUT2D eigenvalue weighted by molar-refractivity contribution is 5.13. The second kappa shape index (κ2) is 6.79. The summed E-state index contributed by atoms with van der Waals surface area (Å²) < 4.78 is 5.26. The summed E-state index contributed by atoms with van der Waals surface area (Å²) in [6, 6.07) is 5.56. The lowest BCUT2D eigenvalue weighted by Gasteiger charge is -2.15. The first-order valence-corrected chi connectivity index (χ1v) is 5.04. The van der Waals surface area contributed by atoms with Crippen LogP contribution in [-0.4, -0.2) is 18.6 Å². The molecule has 1 N–H and O–H groups in total. The molecule has 1 aromatic rings. The summed E-state index contributed by atoms with van der Waals surface area (Å²) in [6.07, 6.45) is -0.226. The lowest BCUT2D eigenvalue weighted by Crippen LogP contribution is -2.23. The van der Waals surface area contributed by atoms with E-state index in [9.17, 15) is 0 Å². The largest absolute Gasteiger partial charge is 0.361 e. The highest BCUT2D eigenvalue weighted by Gasteiger charge is 2.09. The molecule has 16 heavy (non-hydrogen) atoms. The van der Waals surface area contributed by atoms with Crippen LogP contribution in [-0.2, 0) is 11.3 Å². The van der Waals surface area contributed by atoms with E-state index in [2.05, 4.69) is 20.3 Å². The zero-order valence-corrected chi connectivity index (χ0v) is 9.42. The van der Waals surface area contributed by atoms with Crippen LogP contribution in [0.2, 0.25) is 0 Å². The maximum atomic E-state index is 8.23. The molecular formula is C10H15N5O. The van der Waals surface area contributed by atoms with Crippen LogP contribution in [0.15, 0.2) is 23.3 Å². The summed E-state index contributed by atoms with van der Waals surface area (Å²) in [6.45, 7) is 3.05. The fourth-order valence-corrected chi connectivity index (χ4v) is 1.33. The molecule has 0 amide bonds. The molecule has 0 spiro atoms. The van der Waals surface area contributed by atoms with Crippen molar-refractivity contribution in [2.75, 3.05) is 13.7 Å². The summed E-state index contributed by atoms with van der Waals surface area (Å²) in [4.78, 5) is 7.05. The van der Waals surface area contributed by atoms with E-state index in [0.717, 1.165) is 17.9 Å². The third kappa shape index (κ3) is 3.51. The van der Waals surface area contributed by atoms with Crippen molar-refractivity contribution in [3.63, 3.8) is 0 Å². The summed E-state index contributed by atoms with van der Waals surface area (Å²) in [5.74, 6) is 0. The molecule has 0 saturated heterocycles. The molecule has 1 rings (SSSR count). The van der Waals surface area contributed by atoms with Gasteiger partial charge >= 0.3 is 0 Å². The Morgan fingerprint density at radius 1 is 1.62 bits per heavy atom. The molecule has 6 heteroatoms. The minimum atomic E-state index is -0.226. The van der Waals surface area contributed by atoms with Crippen molar-refractivity contribution in [2.24, 2.45) is 5.11 Å². The van der Waals surface area contributed by atoms with Crippen molar-refractivity contribution in [2.45, 2.75) is 19.7 Å². The van der Waals surface area contributed by atoms with E-state index < -0.39 is 0 Å². The Morgan fingerprint density at radius 2 is 2.44 bits per heavy atom. The number of nitrogens with one attached hydrogen (secondary N) is 1. The molecule has 0 unspecified atom stereocenters. The summed E-state index contributed by atoms with van der Waals surface area (Å²) in [7, 11) is 1.62. The van der Waals surface area contributed by atoms with Crippen LogP contribution in [0, 0.1) is 0 Å². The van der Waals surface area contributed by atoms with E-state index in [4.69, 9.17) is 10.3 Å². The average Bonchev–Trinajstić information content (AvgIpc) is 2.33. The summed E-state index contributed by atoms with van der Waals surface area (Å²) in [5.41, 5.74) is 9.75. The van der Waals surface area contributed by atoms with Gasteiger partial charge in [-0.15, -0.1) is 0 Å². The third-order valence-electron chi connectivity index (χ3n) is 2.02. The number of hydrogen-bond donors (Lipinski definition) is 1. The Bertz CT molecular complexity index is 375. The van der Waals surface area contributed by atoms with Gasteiger partial charge < -0.3 is 4.74 Å². The molecule has 0 aliphatic rings. The number of nitrogens with zero attached hydrogens (tertiary/aromatic N) is 4. The van der Waals surface area contributed by atoms with Crippen LogP contribution in [0.25, 0.3) is 10.4 Å². The molecule has 0 aromatic carbocycles. The maximum absolute atomic E-state index is 8.23. The zero-order chi connectivity index (χ0) is 11.8. The molecule has 6 nitrogen and oxygen atoms in total. The van der Waals surface area contributed by atoms with Crippen LogP contribution >= 0.6 is 0 Å². The van der Waals surface area contributed by atoms with Crippen LogP contribution in [0.1, 0.15) is 24.5 Å². The van der Waals surface area contributed by atoms with Gasteiger partial charge in [-0.3, -0.25) is 10.3 Å². The predicted octanol–water partition coefficient (Wildman–Crippen LogP) is 2.15. The van der Waals surface area contributed by atoms with Gasteiger partial charge in [-0.1, -0.05) is 18.1 Å². The van der Waals surface area contributed by atoms with Crippen molar-refractivity contribution in [3.05, 3.63) is 40.0 Å². The minimum absolute atomic E-state index is 0.226. The Kier molecular flexibility index (Phi) is 5.28. The van der Waals surface area contributed by atoms with Gasteiger partial charge in [-0.2, -0.15) is 0 Å². The predicted molar refractivity (Wildman–Crippen MR) is 60.5 cm³/mol. The summed E-state index contributed by atoms with van der Waals surface area (Å²) >= 11 is 0. The van der Waals surface area contributed by atoms with E-state index in [1.54, 1.807) is 7.11 Å². The number of azide groups is 1. The van der Waals surface area contributed by atoms with Gasteiger partial charge in [-0.05, 0) is 24.2 Å². The van der Waals surface area contributed by atoms with Gasteiger partial charge in [0, 0.05) is 17.7 Å². The van der Waals surface area contributed by atoms with Gasteiger partial charge in [0.2, 0.25) is 0 Å². The lowest BCUT2D eigenvalue weighted by molar-refractivity contribution is 0.0718. The Labute approximate surface area is 94.3 Å². The number of pyridine rings is 1. The molecule has 0 radical (unpaired) electrons. The fraction of sp³-hybridized carbons (Fsp3) is 0.500. The maximum Gasteiger partial charge on any atom is 0.150 e. The standard InChI is InChI=1S/C10H15N5O/c1-3-12-10(16-2)9-6-4-5-8(14-9)7-13-15-11/h4-6,10,12H,3,7H2,1-2H3/t10-/m1/s1. The fourth-order valence-electron chi connectivity index (χ4n) is 1.33. The van der Waals surface area contributed by atoms with E-state index in [-0.39, 0.29) is 12.8 Å². The number of rotatable bonds is 6. The lowest BCUT2D eigenvalue weighted by atomic mass is 10.2. The van der Waals surface area contributed by atoms with E-state index in [0.29, 0.717) is 0 Å². The molecule has 1 aromatic heterocycles. The Balaban J connectivity index is 2.82. The quantitative estimate of drug-likeness (QED) is 0.346. The third-order valence-corrected chi connectivity index (χ3v) is 2.02. The van der Waals surface area contributed by atoms with Crippen molar-refractivity contribution in [1.82, 2.24) is 10.3 Å². The Morgan fingerprint density at radius 3 is 3.06 bits per heavy atom. The number of aromatic nitrogens is 1. The molecule has 0 fully saturated rings. The van der Waals surface area contributed by atoms with Gasteiger partial charge in [0.1, 0.15) is 0 Å². The zero-order valence-electron chi connectivity index (χ0n) is 9.42. The highest BCUT2D eigenvalue weighted by atomic mass is 16.5. The monoisotopic (exact) mass is 221 g/mol. The minimum Gasteiger partial charge on any atom is -0.361 e. The first-order chi connectivity index (χ1) is 7.81. The number of hydrogen-bond acceptors (Lipinski definition) is 4. The molecule has 1 heterocycles. The molecule has 0 aliphatic heterocycles.